The summed E-state index contributed by atoms with van der Waals surface area (Å²) >= 11 is 0. The number of hydrogen-bond acceptors (Lipinski definition) is 5. The molecule has 2 aromatic carbocycles. The molecule has 0 aliphatic carbocycles. The number of urea groups is 1. The van der Waals surface area contributed by atoms with Crippen molar-refractivity contribution in [1.82, 2.24) is 10.2 Å². The lowest BCUT2D eigenvalue weighted by atomic mass is 9.94. The molecular formula is C24H28N2O5. The van der Waals surface area contributed by atoms with Crippen molar-refractivity contribution >= 4 is 12.0 Å². The Hall–Kier alpha value is -3.48. The first-order valence-electron chi connectivity index (χ1n) is 10.1. The molecule has 2 amide bonds. The summed E-state index contributed by atoms with van der Waals surface area (Å²) < 4.78 is 16.7. The predicted molar refractivity (Wildman–Crippen MR) is 117 cm³/mol. The summed E-state index contributed by atoms with van der Waals surface area (Å²) in [5.74, 6) is 0.830. The maximum atomic E-state index is 13.0. The number of methoxy groups -OCH3 is 1. The van der Waals surface area contributed by atoms with E-state index in [1.165, 1.54) is 4.90 Å². The van der Waals surface area contributed by atoms with Crippen LogP contribution in [0.25, 0.3) is 0 Å². The summed E-state index contributed by atoms with van der Waals surface area (Å²) in [5, 5.41) is 2.89. The molecule has 1 unspecified atom stereocenters. The number of carbonyl (C=O) groups excluding carboxylic acids is 2. The third kappa shape index (κ3) is 4.66. The van der Waals surface area contributed by atoms with Gasteiger partial charge in [-0.25, -0.2) is 9.59 Å². The van der Waals surface area contributed by atoms with Gasteiger partial charge >= 0.3 is 12.0 Å². The van der Waals surface area contributed by atoms with Crippen LogP contribution in [0.3, 0.4) is 0 Å². The van der Waals surface area contributed by atoms with E-state index in [-0.39, 0.29) is 19.2 Å². The minimum atomic E-state index is -0.685. The van der Waals surface area contributed by atoms with Gasteiger partial charge in [0.25, 0.3) is 0 Å². The standard InChI is InChI=1S/C24H28N2O5/c1-6-30-23(27)21-19(14-31-20-12-7-9-15(2)16(20)3)26(4)24(28)25-22(21)17-10-8-11-18(13-17)29-5/h7-13,22H,6,14H2,1-5H3,(H,25,28). The molecule has 0 radical (unpaired) electrons. The highest BCUT2D eigenvalue weighted by Gasteiger charge is 2.37. The minimum absolute atomic E-state index is 0.0445. The van der Waals surface area contributed by atoms with Gasteiger partial charge in [-0.1, -0.05) is 24.3 Å². The Morgan fingerprint density at radius 3 is 2.61 bits per heavy atom. The van der Waals surface area contributed by atoms with Crippen LogP contribution in [0, 0.1) is 13.8 Å². The van der Waals surface area contributed by atoms with Crippen LogP contribution in [0.4, 0.5) is 4.79 Å². The zero-order valence-electron chi connectivity index (χ0n) is 18.5. The van der Waals surface area contributed by atoms with Gasteiger partial charge in [0.15, 0.2) is 0 Å². The molecule has 1 aliphatic rings. The molecule has 1 heterocycles. The molecule has 1 N–H and O–H groups in total. The van der Waals surface area contributed by atoms with Crippen LogP contribution in [-0.4, -0.2) is 44.3 Å². The van der Waals surface area contributed by atoms with E-state index in [9.17, 15) is 9.59 Å². The lowest BCUT2D eigenvalue weighted by molar-refractivity contribution is -0.139. The van der Waals surface area contributed by atoms with Crippen molar-refractivity contribution in [3.05, 3.63) is 70.4 Å². The third-order valence-corrected chi connectivity index (χ3v) is 5.42. The molecule has 7 heteroatoms. The summed E-state index contributed by atoms with van der Waals surface area (Å²) in [6.45, 7) is 5.99. The summed E-state index contributed by atoms with van der Waals surface area (Å²) in [6.07, 6.45) is 0. The smallest absolute Gasteiger partial charge is 0.338 e. The first kappa shape index (κ1) is 22.2. The van der Waals surface area contributed by atoms with Crippen LogP contribution in [-0.2, 0) is 9.53 Å². The van der Waals surface area contributed by atoms with Gasteiger partial charge in [0.2, 0.25) is 0 Å². The van der Waals surface area contributed by atoms with Crippen molar-refractivity contribution in [2.75, 3.05) is 27.4 Å². The van der Waals surface area contributed by atoms with Crippen molar-refractivity contribution in [3.63, 3.8) is 0 Å². The number of benzene rings is 2. The molecule has 0 bridgehead atoms. The normalized spacial score (nSPS) is 16.1. The Morgan fingerprint density at radius 1 is 1.16 bits per heavy atom. The molecule has 2 aromatic rings. The molecule has 1 atom stereocenters. The van der Waals surface area contributed by atoms with Crippen LogP contribution in [0.2, 0.25) is 0 Å². The van der Waals surface area contributed by atoms with Crippen molar-refractivity contribution in [1.29, 1.82) is 0 Å². The largest absolute Gasteiger partial charge is 0.497 e. The van der Waals surface area contributed by atoms with Crippen molar-refractivity contribution in [2.45, 2.75) is 26.8 Å². The van der Waals surface area contributed by atoms with Gasteiger partial charge in [0, 0.05) is 7.05 Å². The Labute approximate surface area is 182 Å². The first-order chi connectivity index (χ1) is 14.9. The average Bonchev–Trinajstić information content (AvgIpc) is 2.77. The van der Waals surface area contributed by atoms with Gasteiger partial charge in [-0.3, -0.25) is 4.90 Å². The molecule has 0 aromatic heterocycles. The quantitative estimate of drug-likeness (QED) is 0.682. The van der Waals surface area contributed by atoms with Gasteiger partial charge in [-0.05, 0) is 55.7 Å². The Bertz CT molecular complexity index is 1010. The van der Waals surface area contributed by atoms with Crippen LogP contribution in [0.15, 0.2) is 53.7 Å². The molecule has 0 saturated heterocycles. The second kappa shape index (κ2) is 9.55. The summed E-state index contributed by atoms with van der Waals surface area (Å²) in [5.41, 5.74) is 3.61. The minimum Gasteiger partial charge on any atom is -0.497 e. The SMILES string of the molecule is CCOC(=O)C1=C(COc2cccc(C)c2C)N(C)C(=O)NC1c1cccc(OC)c1. The third-order valence-electron chi connectivity index (χ3n) is 5.42. The van der Waals surface area contributed by atoms with Gasteiger partial charge in [0.1, 0.15) is 18.1 Å². The lowest BCUT2D eigenvalue weighted by Crippen LogP contribution is -2.48. The van der Waals surface area contributed by atoms with E-state index >= 15 is 0 Å². The number of rotatable bonds is 7. The number of amides is 2. The van der Waals surface area contributed by atoms with E-state index < -0.39 is 12.0 Å². The van der Waals surface area contributed by atoms with E-state index in [0.29, 0.717) is 28.3 Å². The van der Waals surface area contributed by atoms with Gasteiger partial charge in [-0.2, -0.15) is 0 Å². The molecule has 0 saturated carbocycles. The van der Waals surface area contributed by atoms with Crippen LogP contribution in [0.1, 0.15) is 29.7 Å². The van der Waals surface area contributed by atoms with E-state index in [4.69, 9.17) is 14.2 Å². The molecule has 3 rings (SSSR count). The summed E-state index contributed by atoms with van der Waals surface area (Å²) in [4.78, 5) is 27.1. The highest BCUT2D eigenvalue weighted by molar-refractivity contribution is 5.95. The Kier molecular flexibility index (Phi) is 6.84. The number of nitrogens with one attached hydrogen (secondary N) is 1. The number of carbonyl (C=O) groups is 2. The average molecular weight is 424 g/mol. The van der Waals surface area contributed by atoms with Gasteiger partial charge in [-0.15, -0.1) is 0 Å². The fourth-order valence-electron chi connectivity index (χ4n) is 3.48. The van der Waals surface area contributed by atoms with E-state index in [0.717, 1.165) is 11.1 Å². The van der Waals surface area contributed by atoms with Gasteiger partial charge in [0.05, 0.1) is 31.0 Å². The maximum absolute atomic E-state index is 13.0. The highest BCUT2D eigenvalue weighted by Crippen LogP contribution is 2.33. The molecule has 164 valence electrons. The summed E-state index contributed by atoms with van der Waals surface area (Å²) in [6, 6.07) is 12.0. The Balaban J connectivity index is 2.06. The van der Waals surface area contributed by atoms with Crippen molar-refractivity contribution in [3.8, 4) is 11.5 Å². The van der Waals surface area contributed by atoms with Gasteiger partial charge < -0.3 is 19.5 Å². The van der Waals surface area contributed by atoms with Crippen LogP contribution in [0.5, 0.6) is 11.5 Å². The number of esters is 1. The zero-order valence-corrected chi connectivity index (χ0v) is 18.5. The molecule has 31 heavy (non-hydrogen) atoms. The van der Waals surface area contributed by atoms with Crippen molar-refractivity contribution in [2.24, 2.45) is 0 Å². The molecule has 0 fully saturated rings. The maximum Gasteiger partial charge on any atom is 0.338 e. The molecule has 0 spiro atoms. The van der Waals surface area contributed by atoms with Crippen LogP contribution < -0.4 is 14.8 Å². The zero-order chi connectivity index (χ0) is 22.5. The number of likely N-dealkylation sites (N-methyl/N-ethyl adjacent to an activating group) is 1. The van der Waals surface area contributed by atoms with Crippen molar-refractivity contribution < 1.29 is 23.8 Å². The monoisotopic (exact) mass is 424 g/mol. The fraction of sp³-hybridized carbons (Fsp3) is 0.333. The highest BCUT2D eigenvalue weighted by atomic mass is 16.5. The fourth-order valence-corrected chi connectivity index (χ4v) is 3.48. The number of aryl methyl sites for hydroxylation is 1. The Morgan fingerprint density at radius 2 is 1.90 bits per heavy atom. The number of ether oxygens (including phenoxy) is 3. The van der Waals surface area contributed by atoms with E-state index in [1.807, 2.05) is 44.2 Å². The first-order valence-corrected chi connectivity index (χ1v) is 10.1. The second-order valence-corrected chi connectivity index (χ2v) is 7.29. The lowest BCUT2D eigenvalue weighted by Gasteiger charge is -2.34. The number of hydrogen-bond donors (Lipinski definition) is 1. The topological polar surface area (TPSA) is 77.1 Å². The number of nitrogens with zero attached hydrogens (tertiary/aromatic N) is 1. The second-order valence-electron chi connectivity index (χ2n) is 7.29. The summed E-state index contributed by atoms with van der Waals surface area (Å²) in [7, 11) is 3.18. The molecular weight excluding hydrogens is 396 g/mol. The van der Waals surface area contributed by atoms with E-state index in [1.54, 1.807) is 33.2 Å². The predicted octanol–water partition coefficient (Wildman–Crippen LogP) is 3.90. The van der Waals surface area contributed by atoms with Crippen LogP contribution >= 0.6 is 0 Å². The molecule has 7 nitrogen and oxygen atoms in total. The van der Waals surface area contributed by atoms with E-state index in [2.05, 4.69) is 5.32 Å². The molecule has 1 aliphatic heterocycles.